The number of aryl methyl sites for hydroxylation is 3. The molecule has 0 saturated carbocycles. The Morgan fingerprint density at radius 2 is 1.82 bits per heavy atom. The number of rotatable bonds is 4. The summed E-state index contributed by atoms with van der Waals surface area (Å²) in [7, 11) is 3.84. The van der Waals surface area contributed by atoms with E-state index in [1.165, 1.54) is 11.1 Å². The molecule has 4 heteroatoms. The van der Waals surface area contributed by atoms with Crippen LogP contribution in [0.5, 0.6) is 0 Å². The maximum absolute atomic E-state index is 4.17. The van der Waals surface area contributed by atoms with Crippen LogP contribution in [0.4, 0.5) is 5.95 Å². The van der Waals surface area contributed by atoms with E-state index in [0.717, 1.165) is 24.6 Å². The van der Waals surface area contributed by atoms with Crippen LogP contribution in [0.3, 0.4) is 0 Å². The molecule has 0 aliphatic carbocycles. The summed E-state index contributed by atoms with van der Waals surface area (Å²) >= 11 is 0. The fraction of sp³-hybridized carbons (Fsp3) is 0.385. The van der Waals surface area contributed by atoms with Gasteiger partial charge in [-0.05, 0) is 18.9 Å². The summed E-state index contributed by atoms with van der Waals surface area (Å²) in [5.74, 6) is 1.82. The number of nitrogens with one attached hydrogen (secondary N) is 1. The van der Waals surface area contributed by atoms with Gasteiger partial charge in [0.05, 0.1) is 0 Å². The van der Waals surface area contributed by atoms with Gasteiger partial charge >= 0.3 is 0 Å². The molecule has 1 aromatic heterocycles. The van der Waals surface area contributed by atoms with Crippen LogP contribution < -0.4 is 5.32 Å². The van der Waals surface area contributed by atoms with Crippen LogP contribution >= 0.6 is 0 Å². The van der Waals surface area contributed by atoms with E-state index in [1.807, 2.05) is 18.7 Å². The van der Waals surface area contributed by atoms with Crippen molar-refractivity contribution in [1.82, 2.24) is 14.8 Å². The molecule has 4 nitrogen and oxygen atoms in total. The van der Waals surface area contributed by atoms with E-state index in [9.17, 15) is 0 Å². The number of hydrogen-bond acceptors (Lipinski definition) is 3. The van der Waals surface area contributed by atoms with Gasteiger partial charge in [-0.25, -0.2) is 0 Å². The lowest BCUT2D eigenvalue weighted by atomic mass is 10.1. The third kappa shape index (κ3) is 2.64. The largest absolute Gasteiger partial charge is 0.357 e. The smallest absolute Gasteiger partial charge is 0.224 e. The lowest BCUT2D eigenvalue weighted by molar-refractivity contribution is 0.772. The zero-order chi connectivity index (χ0) is 12.3. The quantitative estimate of drug-likeness (QED) is 0.873. The second-order valence-electron chi connectivity index (χ2n) is 4.23. The molecule has 0 fully saturated rings. The maximum atomic E-state index is 4.17. The maximum Gasteiger partial charge on any atom is 0.224 e. The van der Waals surface area contributed by atoms with Crippen molar-refractivity contribution in [3.8, 4) is 0 Å². The Morgan fingerprint density at radius 3 is 2.41 bits per heavy atom. The van der Waals surface area contributed by atoms with Gasteiger partial charge in [0.15, 0.2) is 0 Å². The molecule has 1 heterocycles. The lowest BCUT2D eigenvalue weighted by Gasteiger charge is -2.03. The minimum atomic E-state index is 0.809. The topological polar surface area (TPSA) is 42.7 Å². The van der Waals surface area contributed by atoms with Gasteiger partial charge in [-0.3, -0.25) is 0 Å². The van der Waals surface area contributed by atoms with Crippen molar-refractivity contribution in [1.29, 1.82) is 0 Å². The molecule has 1 aromatic carbocycles. The van der Waals surface area contributed by atoms with Crippen molar-refractivity contribution in [2.45, 2.75) is 19.8 Å². The van der Waals surface area contributed by atoms with E-state index in [2.05, 4.69) is 46.7 Å². The Bertz CT molecular complexity index is 485. The van der Waals surface area contributed by atoms with E-state index >= 15 is 0 Å². The van der Waals surface area contributed by atoms with E-state index < -0.39 is 0 Å². The summed E-state index contributed by atoms with van der Waals surface area (Å²) in [5.41, 5.74) is 2.63. The normalized spacial score (nSPS) is 10.5. The van der Waals surface area contributed by atoms with Gasteiger partial charge in [0, 0.05) is 20.5 Å². The molecule has 2 rings (SSSR count). The van der Waals surface area contributed by atoms with Crippen LogP contribution in [0.15, 0.2) is 24.3 Å². The fourth-order valence-corrected chi connectivity index (χ4v) is 1.81. The molecule has 1 N–H and O–H groups in total. The molecule has 0 radical (unpaired) electrons. The first-order valence-corrected chi connectivity index (χ1v) is 5.82. The van der Waals surface area contributed by atoms with Crippen LogP contribution in [0.25, 0.3) is 0 Å². The molecule has 0 bridgehead atoms. The van der Waals surface area contributed by atoms with Gasteiger partial charge in [0.25, 0.3) is 0 Å². The van der Waals surface area contributed by atoms with Gasteiger partial charge in [0.2, 0.25) is 5.95 Å². The van der Waals surface area contributed by atoms with Gasteiger partial charge in [-0.15, -0.1) is 10.2 Å². The van der Waals surface area contributed by atoms with Crippen molar-refractivity contribution < 1.29 is 0 Å². The third-order valence-corrected chi connectivity index (χ3v) is 2.95. The standard InChI is InChI=1S/C13H18N4/c1-10-4-6-11(7-5-10)8-9-12-15-16-13(14-2)17(12)3/h4-7H,8-9H2,1-3H3,(H,14,16). The monoisotopic (exact) mass is 230 g/mol. The number of anilines is 1. The van der Waals surface area contributed by atoms with E-state index in [0.29, 0.717) is 0 Å². The Hall–Kier alpha value is -1.84. The average Bonchev–Trinajstić information content (AvgIpc) is 2.69. The van der Waals surface area contributed by atoms with Crippen molar-refractivity contribution in [2.24, 2.45) is 7.05 Å². The van der Waals surface area contributed by atoms with Gasteiger partial charge < -0.3 is 9.88 Å². The third-order valence-electron chi connectivity index (χ3n) is 2.95. The zero-order valence-electron chi connectivity index (χ0n) is 10.6. The molecular formula is C13H18N4. The van der Waals surface area contributed by atoms with Crippen molar-refractivity contribution in [3.05, 3.63) is 41.2 Å². The molecule has 0 aliphatic rings. The van der Waals surface area contributed by atoms with Gasteiger partial charge in [0.1, 0.15) is 5.82 Å². The highest BCUT2D eigenvalue weighted by atomic mass is 15.3. The zero-order valence-corrected chi connectivity index (χ0v) is 10.6. The predicted molar refractivity (Wildman–Crippen MR) is 69.1 cm³/mol. The summed E-state index contributed by atoms with van der Waals surface area (Å²) in [4.78, 5) is 0. The first-order valence-electron chi connectivity index (χ1n) is 5.82. The molecule has 0 saturated heterocycles. The van der Waals surface area contributed by atoms with Crippen LogP contribution in [0.2, 0.25) is 0 Å². The highest BCUT2D eigenvalue weighted by Crippen LogP contribution is 2.09. The molecule has 0 aliphatic heterocycles. The van der Waals surface area contributed by atoms with Crippen molar-refractivity contribution >= 4 is 5.95 Å². The number of hydrogen-bond donors (Lipinski definition) is 1. The molecular weight excluding hydrogens is 212 g/mol. The summed E-state index contributed by atoms with van der Waals surface area (Å²) in [6.07, 6.45) is 1.91. The summed E-state index contributed by atoms with van der Waals surface area (Å²) in [6, 6.07) is 8.63. The van der Waals surface area contributed by atoms with E-state index in [1.54, 1.807) is 0 Å². The highest BCUT2D eigenvalue weighted by Gasteiger charge is 2.06. The Kier molecular flexibility index (Phi) is 3.42. The minimum Gasteiger partial charge on any atom is -0.357 e. The molecule has 0 spiro atoms. The van der Waals surface area contributed by atoms with Crippen LogP contribution in [0, 0.1) is 6.92 Å². The van der Waals surface area contributed by atoms with Gasteiger partial charge in [-0.2, -0.15) is 0 Å². The number of nitrogens with zero attached hydrogens (tertiary/aromatic N) is 3. The minimum absolute atomic E-state index is 0.809. The molecule has 17 heavy (non-hydrogen) atoms. The van der Waals surface area contributed by atoms with E-state index in [4.69, 9.17) is 0 Å². The Morgan fingerprint density at radius 1 is 1.12 bits per heavy atom. The number of aromatic nitrogens is 3. The summed E-state index contributed by atoms with van der Waals surface area (Å²) < 4.78 is 1.99. The molecule has 2 aromatic rings. The predicted octanol–water partition coefficient (Wildman–Crippen LogP) is 1.95. The summed E-state index contributed by atoms with van der Waals surface area (Å²) in [5, 5.41) is 11.2. The Balaban J connectivity index is 2.02. The van der Waals surface area contributed by atoms with Gasteiger partial charge in [-0.1, -0.05) is 29.8 Å². The second kappa shape index (κ2) is 4.99. The molecule has 0 unspecified atom stereocenters. The molecule has 90 valence electrons. The summed E-state index contributed by atoms with van der Waals surface area (Å²) in [6.45, 7) is 2.10. The first-order chi connectivity index (χ1) is 8.20. The first kappa shape index (κ1) is 11.6. The fourth-order valence-electron chi connectivity index (χ4n) is 1.81. The molecule has 0 amide bonds. The SMILES string of the molecule is CNc1nnc(CCc2ccc(C)cc2)n1C. The van der Waals surface area contributed by atoms with Crippen LogP contribution in [-0.2, 0) is 19.9 Å². The number of benzene rings is 1. The molecule has 0 atom stereocenters. The Labute approximate surface area is 102 Å². The highest BCUT2D eigenvalue weighted by molar-refractivity contribution is 5.25. The second-order valence-corrected chi connectivity index (χ2v) is 4.23. The van der Waals surface area contributed by atoms with Crippen molar-refractivity contribution in [3.63, 3.8) is 0 Å². The van der Waals surface area contributed by atoms with E-state index in [-0.39, 0.29) is 0 Å². The van der Waals surface area contributed by atoms with Crippen molar-refractivity contribution in [2.75, 3.05) is 12.4 Å². The van der Waals surface area contributed by atoms with Crippen LogP contribution in [0.1, 0.15) is 17.0 Å². The average molecular weight is 230 g/mol. The lowest BCUT2D eigenvalue weighted by Crippen LogP contribution is -2.03. The van der Waals surface area contributed by atoms with Crippen LogP contribution in [-0.4, -0.2) is 21.8 Å².